The van der Waals surface area contributed by atoms with Gasteiger partial charge >= 0.3 is 6.36 Å². The van der Waals surface area contributed by atoms with Gasteiger partial charge in [-0.05, 0) is 54.6 Å². The van der Waals surface area contributed by atoms with Gasteiger partial charge in [-0.2, -0.15) is 5.26 Å². The van der Waals surface area contributed by atoms with Crippen molar-refractivity contribution in [1.29, 1.82) is 5.26 Å². The van der Waals surface area contributed by atoms with Gasteiger partial charge < -0.3 is 15.4 Å². The van der Waals surface area contributed by atoms with E-state index in [9.17, 15) is 22.8 Å². The predicted molar refractivity (Wildman–Crippen MR) is 130 cm³/mol. The second kappa shape index (κ2) is 11.3. The van der Waals surface area contributed by atoms with E-state index in [4.69, 9.17) is 16.9 Å². The Balaban J connectivity index is 1.97. The number of carbonyl (C=O) groups excluding carboxylic acids is 2. The molecule has 0 saturated heterocycles. The first-order chi connectivity index (χ1) is 17.0. The number of halogens is 4. The maximum Gasteiger partial charge on any atom is 0.573 e. The molecule has 0 spiro atoms. The number of alkyl halides is 3. The van der Waals surface area contributed by atoms with Crippen molar-refractivity contribution in [3.8, 4) is 11.8 Å². The lowest BCUT2D eigenvalue weighted by atomic mass is 10.2. The van der Waals surface area contributed by atoms with Gasteiger partial charge in [0.1, 0.15) is 12.3 Å². The van der Waals surface area contributed by atoms with E-state index >= 15 is 0 Å². The first-order valence-electron chi connectivity index (χ1n) is 10.3. The van der Waals surface area contributed by atoms with Gasteiger partial charge in [0.15, 0.2) is 0 Å². The lowest BCUT2D eigenvalue weighted by Gasteiger charge is -2.28. The zero-order valence-electron chi connectivity index (χ0n) is 18.7. The molecule has 3 N–H and O–H groups in total. The van der Waals surface area contributed by atoms with Gasteiger partial charge in [0.05, 0.1) is 28.7 Å². The van der Waals surface area contributed by atoms with Gasteiger partial charge in [-0.25, -0.2) is 0 Å². The lowest BCUT2D eigenvalue weighted by Crippen LogP contribution is -2.38. The SMILES string of the molecule is CC(=O)Nc1ccc(OC(F)(F)F)cc1N(CC(=O)Nc1ccc(C#N)cc1)Nc1cccc(Cl)c1. The maximum absolute atomic E-state index is 12.9. The second-order valence-corrected chi connectivity index (χ2v) is 7.79. The van der Waals surface area contributed by atoms with E-state index in [1.54, 1.807) is 24.3 Å². The topological polar surface area (TPSA) is 106 Å². The van der Waals surface area contributed by atoms with E-state index in [0.717, 1.165) is 12.1 Å². The third-order valence-electron chi connectivity index (χ3n) is 4.49. The molecule has 0 aliphatic rings. The van der Waals surface area contributed by atoms with E-state index in [0.29, 0.717) is 22.0 Å². The third-order valence-corrected chi connectivity index (χ3v) is 4.73. The Kier molecular flexibility index (Phi) is 8.24. The highest BCUT2D eigenvalue weighted by Gasteiger charge is 2.31. The minimum absolute atomic E-state index is 0.0157. The molecule has 0 unspecified atom stereocenters. The van der Waals surface area contributed by atoms with Crippen LogP contribution in [-0.4, -0.2) is 24.7 Å². The van der Waals surface area contributed by atoms with Crippen LogP contribution < -0.4 is 25.8 Å². The van der Waals surface area contributed by atoms with Crippen LogP contribution in [-0.2, 0) is 9.59 Å². The number of nitriles is 1. The minimum atomic E-state index is -4.95. The molecule has 0 fully saturated rings. The van der Waals surface area contributed by atoms with Crippen molar-refractivity contribution >= 4 is 46.2 Å². The number of benzene rings is 3. The third kappa shape index (κ3) is 7.82. The van der Waals surface area contributed by atoms with Crippen LogP contribution >= 0.6 is 11.6 Å². The number of ether oxygens (including phenoxy) is 1. The fourth-order valence-electron chi connectivity index (χ4n) is 3.10. The summed E-state index contributed by atoms with van der Waals surface area (Å²) in [5.74, 6) is -1.59. The van der Waals surface area contributed by atoms with Gasteiger partial charge in [-0.1, -0.05) is 17.7 Å². The van der Waals surface area contributed by atoms with Crippen LogP contribution in [0.25, 0.3) is 0 Å². The zero-order valence-corrected chi connectivity index (χ0v) is 19.4. The zero-order chi connectivity index (χ0) is 26.3. The molecule has 3 aromatic rings. The molecule has 3 aromatic carbocycles. The molecule has 0 aliphatic carbocycles. The molecule has 8 nitrogen and oxygen atoms in total. The van der Waals surface area contributed by atoms with Crippen molar-refractivity contribution in [2.45, 2.75) is 13.3 Å². The number of nitrogens with zero attached hydrogens (tertiary/aromatic N) is 2. The van der Waals surface area contributed by atoms with Crippen molar-refractivity contribution in [2.75, 3.05) is 27.6 Å². The summed E-state index contributed by atoms with van der Waals surface area (Å²) in [6, 6.07) is 17.8. The number of nitrogens with one attached hydrogen (secondary N) is 3. The molecule has 0 aliphatic heterocycles. The molecule has 0 radical (unpaired) electrons. The van der Waals surface area contributed by atoms with E-state index in [1.807, 2.05) is 6.07 Å². The molecular formula is C24H19ClF3N5O3. The molecule has 0 aromatic heterocycles. The summed E-state index contributed by atoms with van der Waals surface area (Å²) in [5.41, 5.74) is 4.29. The summed E-state index contributed by atoms with van der Waals surface area (Å²) < 4.78 is 42.6. The molecule has 186 valence electrons. The van der Waals surface area contributed by atoms with Crippen molar-refractivity contribution < 1.29 is 27.5 Å². The van der Waals surface area contributed by atoms with Gasteiger partial charge in [-0.3, -0.25) is 20.0 Å². The molecule has 3 rings (SSSR count). The van der Waals surface area contributed by atoms with Gasteiger partial charge in [0, 0.05) is 23.7 Å². The van der Waals surface area contributed by atoms with Crippen LogP contribution in [0.15, 0.2) is 66.7 Å². The summed E-state index contributed by atoms with van der Waals surface area (Å²) in [7, 11) is 0. The summed E-state index contributed by atoms with van der Waals surface area (Å²) in [4.78, 5) is 24.6. The Labute approximate surface area is 209 Å². The Bertz CT molecular complexity index is 1290. The summed E-state index contributed by atoms with van der Waals surface area (Å²) >= 11 is 6.05. The van der Waals surface area contributed by atoms with Gasteiger partial charge in [0.25, 0.3) is 0 Å². The Morgan fingerprint density at radius 1 is 1.03 bits per heavy atom. The number of anilines is 4. The Hall–Kier alpha value is -4.43. The van der Waals surface area contributed by atoms with Crippen molar-refractivity contribution in [3.05, 3.63) is 77.3 Å². The van der Waals surface area contributed by atoms with Crippen LogP contribution in [0.5, 0.6) is 5.75 Å². The van der Waals surface area contributed by atoms with Crippen LogP contribution in [0.1, 0.15) is 12.5 Å². The summed E-state index contributed by atoms with van der Waals surface area (Å²) in [6.45, 7) is 0.824. The largest absolute Gasteiger partial charge is 0.573 e. The monoisotopic (exact) mass is 517 g/mol. The fourth-order valence-corrected chi connectivity index (χ4v) is 3.29. The maximum atomic E-state index is 12.9. The average Bonchev–Trinajstić information content (AvgIpc) is 2.79. The highest BCUT2D eigenvalue weighted by atomic mass is 35.5. The number of amides is 2. The Morgan fingerprint density at radius 3 is 2.36 bits per heavy atom. The standard InChI is InChI=1S/C24H19ClF3N5O3/c1-15(34)30-21-10-9-20(36-24(26,27)28)12-22(21)33(32-19-4-2-3-17(25)11-19)14-23(35)31-18-7-5-16(13-29)6-8-18/h2-12,32H,14H2,1H3,(H,30,34)(H,31,35). The minimum Gasteiger partial charge on any atom is -0.406 e. The van der Waals surface area contributed by atoms with Gasteiger partial charge in [0.2, 0.25) is 11.8 Å². The second-order valence-electron chi connectivity index (χ2n) is 7.35. The highest BCUT2D eigenvalue weighted by Crippen LogP contribution is 2.34. The van der Waals surface area contributed by atoms with Crippen LogP contribution in [0.2, 0.25) is 5.02 Å². The van der Waals surface area contributed by atoms with E-state index in [1.165, 1.54) is 42.3 Å². The first-order valence-corrected chi connectivity index (χ1v) is 10.7. The molecule has 0 heterocycles. The molecule has 0 atom stereocenters. The van der Waals surface area contributed by atoms with Gasteiger partial charge in [-0.15, -0.1) is 13.2 Å². The van der Waals surface area contributed by atoms with Crippen LogP contribution in [0, 0.1) is 11.3 Å². The van der Waals surface area contributed by atoms with Crippen molar-refractivity contribution in [3.63, 3.8) is 0 Å². The number of rotatable bonds is 8. The number of hydrogen-bond donors (Lipinski definition) is 3. The molecule has 36 heavy (non-hydrogen) atoms. The number of hydrazine groups is 1. The normalized spacial score (nSPS) is 10.7. The average molecular weight is 518 g/mol. The molecule has 12 heteroatoms. The number of carbonyl (C=O) groups is 2. The quantitative estimate of drug-likeness (QED) is 0.339. The highest BCUT2D eigenvalue weighted by molar-refractivity contribution is 6.30. The molecule has 0 saturated carbocycles. The first kappa shape index (κ1) is 26.2. The van der Waals surface area contributed by atoms with E-state index in [-0.39, 0.29) is 11.4 Å². The van der Waals surface area contributed by atoms with Crippen LogP contribution in [0.4, 0.5) is 35.9 Å². The Morgan fingerprint density at radius 2 is 1.75 bits per heavy atom. The number of hydrogen-bond acceptors (Lipinski definition) is 6. The molecule has 2 amide bonds. The van der Waals surface area contributed by atoms with E-state index < -0.39 is 30.5 Å². The molecular weight excluding hydrogens is 499 g/mol. The summed E-state index contributed by atoms with van der Waals surface area (Å²) in [5, 5.41) is 15.7. The van der Waals surface area contributed by atoms with Crippen molar-refractivity contribution in [2.24, 2.45) is 0 Å². The molecule has 0 bridgehead atoms. The lowest BCUT2D eigenvalue weighted by molar-refractivity contribution is -0.274. The smallest absolute Gasteiger partial charge is 0.406 e. The van der Waals surface area contributed by atoms with E-state index in [2.05, 4.69) is 20.8 Å². The fraction of sp³-hybridized carbons (Fsp3) is 0.125. The van der Waals surface area contributed by atoms with Crippen LogP contribution in [0.3, 0.4) is 0 Å². The van der Waals surface area contributed by atoms with Crippen molar-refractivity contribution in [1.82, 2.24) is 0 Å². The predicted octanol–water partition coefficient (Wildman–Crippen LogP) is 5.54. The summed E-state index contributed by atoms with van der Waals surface area (Å²) in [6.07, 6.45) is -4.95.